The largest absolute Gasteiger partial charge is 0.486 e. The van der Waals surface area contributed by atoms with Crippen molar-refractivity contribution in [1.82, 2.24) is 0 Å². The van der Waals surface area contributed by atoms with Gasteiger partial charge in [-0.15, -0.1) is 11.3 Å². The molecule has 0 spiro atoms. The van der Waals surface area contributed by atoms with Gasteiger partial charge in [0.2, 0.25) is 10.0 Å². The fourth-order valence-corrected chi connectivity index (χ4v) is 3.94. The summed E-state index contributed by atoms with van der Waals surface area (Å²) in [5, 5.41) is 8.80. The van der Waals surface area contributed by atoms with Crippen molar-refractivity contribution in [3.05, 3.63) is 35.2 Å². The maximum Gasteiger partial charge on any atom is 0.241 e. The minimum atomic E-state index is -3.81. The van der Waals surface area contributed by atoms with Gasteiger partial charge in [-0.3, -0.25) is 0 Å². The van der Waals surface area contributed by atoms with Crippen LogP contribution in [0.4, 0.5) is 11.4 Å². The standard InChI is InChI=1S/C12H14N2O3S2/c1-8-11(19(13,15)16)10(12(17-2)18-8)14-9-6-4-3-5-7-9/h3-7,14H,1-2H3,(H2,13,15,16). The number of aryl methyl sites for hydroxylation is 1. The van der Waals surface area contributed by atoms with Crippen LogP contribution in [0.2, 0.25) is 0 Å². The van der Waals surface area contributed by atoms with Crippen LogP contribution in [0, 0.1) is 6.92 Å². The molecule has 2 rings (SSSR count). The van der Waals surface area contributed by atoms with Crippen LogP contribution >= 0.6 is 11.3 Å². The third kappa shape index (κ3) is 2.89. The molecule has 0 bridgehead atoms. The molecule has 0 unspecified atom stereocenters. The summed E-state index contributed by atoms with van der Waals surface area (Å²) in [6.45, 7) is 1.70. The predicted octanol–water partition coefficient (Wildman–Crippen LogP) is 2.46. The van der Waals surface area contributed by atoms with E-state index in [-0.39, 0.29) is 4.90 Å². The number of thiophene rings is 1. The summed E-state index contributed by atoms with van der Waals surface area (Å²) in [7, 11) is -2.31. The van der Waals surface area contributed by atoms with Gasteiger partial charge in [0.1, 0.15) is 10.6 Å². The third-order valence-corrected chi connectivity index (χ3v) is 4.78. The van der Waals surface area contributed by atoms with Crippen molar-refractivity contribution in [3.63, 3.8) is 0 Å². The zero-order valence-electron chi connectivity index (χ0n) is 10.5. The van der Waals surface area contributed by atoms with E-state index in [0.717, 1.165) is 5.69 Å². The van der Waals surface area contributed by atoms with Crippen molar-refractivity contribution in [2.75, 3.05) is 12.4 Å². The van der Waals surface area contributed by atoms with Crippen LogP contribution in [0.3, 0.4) is 0 Å². The molecule has 1 aromatic heterocycles. The van der Waals surface area contributed by atoms with E-state index in [0.29, 0.717) is 15.6 Å². The summed E-state index contributed by atoms with van der Waals surface area (Å²) in [5.74, 6) is 0. The summed E-state index contributed by atoms with van der Waals surface area (Å²) >= 11 is 1.24. The molecule has 0 aliphatic heterocycles. The van der Waals surface area contributed by atoms with E-state index < -0.39 is 10.0 Å². The second-order valence-electron chi connectivity index (χ2n) is 3.89. The Bertz CT molecular complexity index is 679. The van der Waals surface area contributed by atoms with Crippen molar-refractivity contribution in [2.24, 2.45) is 5.14 Å². The number of para-hydroxylation sites is 1. The van der Waals surface area contributed by atoms with Crippen molar-refractivity contribution < 1.29 is 13.2 Å². The highest BCUT2D eigenvalue weighted by Gasteiger charge is 2.24. The van der Waals surface area contributed by atoms with E-state index in [1.807, 2.05) is 30.3 Å². The van der Waals surface area contributed by atoms with Crippen molar-refractivity contribution in [1.29, 1.82) is 0 Å². The molecule has 0 aliphatic rings. The Balaban J connectivity index is 2.55. The number of rotatable bonds is 4. The molecule has 0 saturated carbocycles. The van der Waals surface area contributed by atoms with Crippen LogP contribution in [-0.2, 0) is 10.0 Å². The van der Waals surface area contributed by atoms with Gasteiger partial charge in [-0.25, -0.2) is 13.6 Å². The summed E-state index contributed by atoms with van der Waals surface area (Å²) in [5.41, 5.74) is 1.15. The first-order valence-corrected chi connectivity index (χ1v) is 7.82. The Hall–Kier alpha value is -1.57. The molecule has 0 amide bonds. The van der Waals surface area contributed by atoms with Gasteiger partial charge in [0.05, 0.1) is 7.11 Å². The Labute approximate surface area is 116 Å². The molecule has 3 N–H and O–H groups in total. The lowest BCUT2D eigenvalue weighted by molar-refractivity contribution is 0.428. The van der Waals surface area contributed by atoms with E-state index in [2.05, 4.69) is 5.32 Å². The quantitative estimate of drug-likeness (QED) is 0.908. The van der Waals surface area contributed by atoms with Gasteiger partial charge >= 0.3 is 0 Å². The molecular formula is C12H14N2O3S2. The smallest absolute Gasteiger partial charge is 0.241 e. The Kier molecular flexibility index (Phi) is 3.79. The van der Waals surface area contributed by atoms with E-state index in [1.54, 1.807) is 6.92 Å². The van der Waals surface area contributed by atoms with Crippen LogP contribution in [0.15, 0.2) is 35.2 Å². The summed E-state index contributed by atoms with van der Waals surface area (Å²) < 4.78 is 28.6. The van der Waals surface area contributed by atoms with Gasteiger partial charge < -0.3 is 10.1 Å². The molecule has 0 fully saturated rings. The SMILES string of the molecule is COc1sc(C)c(S(N)(=O)=O)c1Nc1ccccc1. The molecule has 0 radical (unpaired) electrons. The minimum Gasteiger partial charge on any atom is -0.486 e. The molecule has 0 atom stereocenters. The summed E-state index contributed by atoms with van der Waals surface area (Å²) in [4.78, 5) is 0.677. The monoisotopic (exact) mass is 298 g/mol. The number of hydrogen-bond donors (Lipinski definition) is 2. The number of anilines is 2. The molecule has 1 aromatic carbocycles. The molecule has 0 saturated heterocycles. The second kappa shape index (κ2) is 5.20. The lowest BCUT2D eigenvalue weighted by Gasteiger charge is -2.09. The zero-order chi connectivity index (χ0) is 14.0. The van der Waals surface area contributed by atoms with Crippen LogP contribution in [0.25, 0.3) is 0 Å². The minimum absolute atomic E-state index is 0.0817. The molecule has 2 aromatic rings. The van der Waals surface area contributed by atoms with Gasteiger partial charge in [0.15, 0.2) is 5.06 Å². The predicted molar refractivity (Wildman–Crippen MR) is 76.7 cm³/mol. The van der Waals surface area contributed by atoms with Crippen molar-refractivity contribution in [2.45, 2.75) is 11.8 Å². The highest BCUT2D eigenvalue weighted by Crippen LogP contribution is 2.43. The molecule has 5 nitrogen and oxygen atoms in total. The first-order valence-electron chi connectivity index (χ1n) is 5.45. The van der Waals surface area contributed by atoms with Crippen LogP contribution < -0.4 is 15.2 Å². The first kappa shape index (κ1) is 13.9. The number of nitrogens with two attached hydrogens (primary N) is 1. The van der Waals surface area contributed by atoms with Crippen LogP contribution in [0.1, 0.15) is 4.88 Å². The molecule has 19 heavy (non-hydrogen) atoms. The lowest BCUT2D eigenvalue weighted by atomic mass is 10.3. The van der Waals surface area contributed by atoms with E-state index in [4.69, 9.17) is 9.88 Å². The molecule has 0 aliphatic carbocycles. The Morgan fingerprint density at radius 1 is 1.26 bits per heavy atom. The summed E-state index contributed by atoms with van der Waals surface area (Å²) in [6, 6.07) is 9.25. The summed E-state index contributed by atoms with van der Waals surface area (Å²) in [6.07, 6.45) is 0. The van der Waals surface area contributed by atoms with Gasteiger partial charge in [0, 0.05) is 10.6 Å². The third-order valence-electron chi connectivity index (χ3n) is 2.51. The number of nitrogens with one attached hydrogen (secondary N) is 1. The van der Waals surface area contributed by atoms with E-state index in [1.165, 1.54) is 18.4 Å². The van der Waals surface area contributed by atoms with Crippen molar-refractivity contribution >= 4 is 32.7 Å². The number of primary sulfonamides is 1. The number of methoxy groups -OCH3 is 1. The second-order valence-corrected chi connectivity index (χ2v) is 6.58. The fraction of sp³-hybridized carbons (Fsp3) is 0.167. The Morgan fingerprint density at radius 3 is 2.42 bits per heavy atom. The highest BCUT2D eigenvalue weighted by molar-refractivity contribution is 7.89. The molecule has 7 heteroatoms. The number of sulfonamides is 1. The van der Waals surface area contributed by atoms with Gasteiger partial charge in [-0.2, -0.15) is 0 Å². The number of hydrogen-bond acceptors (Lipinski definition) is 5. The molecule has 1 heterocycles. The average Bonchev–Trinajstić information content (AvgIpc) is 2.66. The number of ether oxygens (including phenoxy) is 1. The molecular weight excluding hydrogens is 284 g/mol. The Morgan fingerprint density at radius 2 is 1.89 bits per heavy atom. The maximum atomic E-state index is 11.7. The fourth-order valence-electron chi connectivity index (χ4n) is 1.77. The lowest BCUT2D eigenvalue weighted by Crippen LogP contribution is -2.14. The van der Waals surface area contributed by atoms with Gasteiger partial charge in [0.25, 0.3) is 0 Å². The van der Waals surface area contributed by atoms with Gasteiger partial charge in [-0.05, 0) is 19.1 Å². The van der Waals surface area contributed by atoms with Crippen LogP contribution in [0.5, 0.6) is 5.06 Å². The highest BCUT2D eigenvalue weighted by atomic mass is 32.2. The normalized spacial score (nSPS) is 11.3. The maximum absolute atomic E-state index is 11.7. The number of benzene rings is 1. The topological polar surface area (TPSA) is 81.4 Å². The zero-order valence-corrected chi connectivity index (χ0v) is 12.1. The van der Waals surface area contributed by atoms with E-state index >= 15 is 0 Å². The van der Waals surface area contributed by atoms with E-state index in [9.17, 15) is 8.42 Å². The molecule has 102 valence electrons. The average molecular weight is 298 g/mol. The first-order chi connectivity index (χ1) is 8.93. The van der Waals surface area contributed by atoms with Crippen molar-refractivity contribution in [3.8, 4) is 5.06 Å². The van der Waals surface area contributed by atoms with Gasteiger partial charge in [-0.1, -0.05) is 18.2 Å². The van der Waals surface area contributed by atoms with Crippen LogP contribution in [-0.4, -0.2) is 15.5 Å².